The molecule has 0 aliphatic heterocycles. The molecule has 2 aromatic carbocycles. The van der Waals surface area contributed by atoms with Gasteiger partial charge in [0.15, 0.2) is 5.82 Å². The zero-order chi connectivity index (χ0) is 22.1. The molecule has 0 fully saturated rings. The lowest BCUT2D eigenvalue weighted by Crippen LogP contribution is -2.24. The van der Waals surface area contributed by atoms with Crippen LogP contribution < -0.4 is 11.4 Å². The Balaban J connectivity index is 1.42. The maximum atomic E-state index is 13.0. The van der Waals surface area contributed by atoms with E-state index in [-0.39, 0.29) is 5.69 Å². The Kier molecular flexibility index (Phi) is 5.27. The number of nitrogens with two attached hydrogens (primary N) is 1. The lowest BCUT2D eigenvalue weighted by Gasteiger charge is -2.10. The van der Waals surface area contributed by atoms with Gasteiger partial charge in [-0.1, -0.05) is 48.6 Å². The van der Waals surface area contributed by atoms with Gasteiger partial charge in [0.2, 0.25) is 0 Å². The quantitative estimate of drug-likeness (QED) is 0.506. The Morgan fingerprint density at radius 2 is 1.44 bits per heavy atom. The second-order valence-corrected chi connectivity index (χ2v) is 8.13. The van der Waals surface area contributed by atoms with Crippen molar-refractivity contribution in [3.8, 4) is 0 Å². The van der Waals surface area contributed by atoms with Crippen molar-refractivity contribution in [2.75, 3.05) is 5.73 Å². The van der Waals surface area contributed by atoms with Crippen molar-refractivity contribution in [2.45, 2.75) is 39.4 Å². The summed E-state index contributed by atoms with van der Waals surface area (Å²) in [4.78, 5) is 13.0. The maximum Gasteiger partial charge on any atom is 0.329 e. The Hall–Kier alpha value is -3.80. The van der Waals surface area contributed by atoms with Crippen LogP contribution in [0.5, 0.6) is 0 Å². The smallest absolute Gasteiger partial charge is 0.329 e. The molecule has 6 heteroatoms. The van der Waals surface area contributed by atoms with Crippen molar-refractivity contribution in [1.29, 1.82) is 0 Å². The number of fused-ring (bicyclic) bond motifs is 2. The molecule has 0 amide bonds. The number of hydrogen-bond donors (Lipinski definition) is 1. The number of nitrogen functional groups attached to an aromatic ring is 1. The van der Waals surface area contributed by atoms with Gasteiger partial charge in [0, 0.05) is 11.9 Å². The molecule has 5 rings (SSSR count). The van der Waals surface area contributed by atoms with Crippen LogP contribution in [-0.4, -0.2) is 18.9 Å². The number of aryl methyl sites for hydroxylation is 1. The zero-order valence-corrected chi connectivity index (χ0v) is 18.2. The standard InChI is InChI=1S/C26H27N5O/c1-2-29-23-13-7-8-14-24(23)30(26(29)32)17-19-9-3-4-10-20(16-15-19)18-31-22-12-6-5-11-21(22)25(27)28-31/h5-16H,2-4,17-18H2,1H3,(H2,27,28)/b16-15-,19-9+,20-10?. The largest absolute Gasteiger partial charge is 0.382 e. The fraction of sp³-hybridized carbons (Fsp3) is 0.231. The third-order valence-electron chi connectivity index (χ3n) is 6.09. The molecular formula is C26H27N5O. The minimum Gasteiger partial charge on any atom is -0.382 e. The van der Waals surface area contributed by atoms with Gasteiger partial charge in [0.25, 0.3) is 0 Å². The molecule has 32 heavy (non-hydrogen) atoms. The van der Waals surface area contributed by atoms with Crippen LogP contribution in [0.25, 0.3) is 21.9 Å². The lowest BCUT2D eigenvalue weighted by atomic mass is 10.1. The van der Waals surface area contributed by atoms with Gasteiger partial charge in [-0.2, -0.15) is 5.10 Å². The summed E-state index contributed by atoms with van der Waals surface area (Å²) in [6.45, 7) is 3.90. The molecule has 0 spiro atoms. The molecule has 162 valence electrons. The van der Waals surface area contributed by atoms with Gasteiger partial charge in [-0.25, -0.2) is 4.79 Å². The van der Waals surface area contributed by atoms with E-state index in [2.05, 4.69) is 29.4 Å². The van der Waals surface area contributed by atoms with Crippen LogP contribution in [0, 0.1) is 0 Å². The van der Waals surface area contributed by atoms with Crippen LogP contribution in [0.4, 0.5) is 5.82 Å². The Bertz CT molecular complexity index is 1440. The monoisotopic (exact) mass is 425 g/mol. The van der Waals surface area contributed by atoms with Crippen molar-refractivity contribution < 1.29 is 0 Å². The van der Waals surface area contributed by atoms with E-state index >= 15 is 0 Å². The summed E-state index contributed by atoms with van der Waals surface area (Å²) in [6.07, 6.45) is 10.6. The number of benzene rings is 2. The van der Waals surface area contributed by atoms with Gasteiger partial charge in [0.05, 0.1) is 29.6 Å². The fourth-order valence-electron chi connectivity index (χ4n) is 4.48. The first-order valence-corrected chi connectivity index (χ1v) is 11.1. The van der Waals surface area contributed by atoms with E-state index in [9.17, 15) is 4.79 Å². The minimum absolute atomic E-state index is 0.0410. The van der Waals surface area contributed by atoms with Crippen LogP contribution in [-0.2, 0) is 19.6 Å². The molecule has 6 nitrogen and oxygen atoms in total. The third-order valence-corrected chi connectivity index (χ3v) is 6.09. The molecule has 1 aliphatic carbocycles. The van der Waals surface area contributed by atoms with Crippen LogP contribution in [0.3, 0.4) is 0 Å². The fourth-order valence-corrected chi connectivity index (χ4v) is 4.48. The SMILES string of the molecule is CCn1c(=O)n(CC2=C/CCC=C(Cn3nc(N)c4ccccc43)/C=C\2)c2ccccc21. The summed E-state index contributed by atoms with van der Waals surface area (Å²) in [5.41, 5.74) is 11.5. The number of allylic oxidation sites excluding steroid dienone is 6. The molecular weight excluding hydrogens is 398 g/mol. The van der Waals surface area contributed by atoms with Gasteiger partial charge in [-0.15, -0.1) is 0 Å². The zero-order valence-electron chi connectivity index (χ0n) is 18.2. The topological polar surface area (TPSA) is 70.8 Å². The van der Waals surface area contributed by atoms with Crippen molar-refractivity contribution in [2.24, 2.45) is 0 Å². The van der Waals surface area contributed by atoms with Gasteiger partial charge >= 0.3 is 5.69 Å². The predicted molar refractivity (Wildman–Crippen MR) is 131 cm³/mol. The second-order valence-electron chi connectivity index (χ2n) is 8.13. The lowest BCUT2D eigenvalue weighted by molar-refractivity contribution is 0.682. The Morgan fingerprint density at radius 3 is 2.12 bits per heavy atom. The van der Waals surface area contributed by atoms with Crippen molar-refractivity contribution in [3.05, 3.63) is 94.5 Å². The molecule has 0 atom stereocenters. The van der Waals surface area contributed by atoms with E-state index in [4.69, 9.17) is 5.73 Å². The summed E-state index contributed by atoms with van der Waals surface area (Å²) in [7, 11) is 0. The van der Waals surface area contributed by atoms with E-state index in [1.54, 1.807) is 0 Å². The number of hydrogen-bond acceptors (Lipinski definition) is 3. The highest BCUT2D eigenvalue weighted by atomic mass is 16.1. The average molecular weight is 426 g/mol. The first kappa shape index (κ1) is 20.1. The first-order valence-electron chi connectivity index (χ1n) is 11.1. The van der Waals surface area contributed by atoms with Crippen molar-refractivity contribution in [3.63, 3.8) is 0 Å². The van der Waals surface area contributed by atoms with E-state index in [1.807, 2.05) is 69.3 Å². The van der Waals surface area contributed by atoms with E-state index < -0.39 is 0 Å². The molecule has 2 heterocycles. The molecule has 0 bridgehead atoms. The number of nitrogens with zero attached hydrogens (tertiary/aromatic N) is 4. The van der Waals surface area contributed by atoms with Crippen LogP contribution in [0.1, 0.15) is 19.8 Å². The second kappa shape index (κ2) is 8.38. The molecule has 2 N–H and O–H groups in total. The van der Waals surface area contributed by atoms with Gasteiger partial charge < -0.3 is 5.73 Å². The van der Waals surface area contributed by atoms with Crippen LogP contribution >= 0.6 is 0 Å². The van der Waals surface area contributed by atoms with Gasteiger partial charge in [0.1, 0.15) is 0 Å². The molecule has 0 saturated carbocycles. The summed E-state index contributed by atoms with van der Waals surface area (Å²) in [5, 5.41) is 5.52. The number of aromatic nitrogens is 4. The van der Waals surface area contributed by atoms with Crippen LogP contribution in [0.2, 0.25) is 0 Å². The number of rotatable bonds is 5. The third kappa shape index (κ3) is 3.58. The summed E-state index contributed by atoms with van der Waals surface area (Å²) in [5.74, 6) is 0.559. The first-order chi connectivity index (χ1) is 15.7. The number of imidazole rings is 1. The van der Waals surface area contributed by atoms with E-state index in [1.165, 1.54) is 5.57 Å². The van der Waals surface area contributed by atoms with E-state index in [0.29, 0.717) is 25.5 Å². The molecule has 0 saturated heterocycles. The number of anilines is 1. The van der Waals surface area contributed by atoms with Crippen molar-refractivity contribution in [1.82, 2.24) is 18.9 Å². The highest BCUT2D eigenvalue weighted by molar-refractivity contribution is 5.89. The minimum atomic E-state index is 0.0410. The highest BCUT2D eigenvalue weighted by Crippen LogP contribution is 2.22. The summed E-state index contributed by atoms with van der Waals surface area (Å²) >= 11 is 0. The molecule has 1 aliphatic rings. The van der Waals surface area contributed by atoms with Crippen LogP contribution in [0.15, 0.2) is 88.8 Å². The Labute approximate surface area is 186 Å². The highest BCUT2D eigenvalue weighted by Gasteiger charge is 2.13. The number of para-hydroxylation sites is 3. The normalized spacial score (nSPS) is 17.0. The predicted octanol–water partition coefficient (Wildman–Crippen LogP) is 4.66. The molecule has 0 unspecified atom stereocenters. The average Bonchev–Trinajstić information content (AvgIpc) is 3.26. The van der Waals surface area contributed by atoms with Gasteiger partial charge in [-0.05, 0) is 55.2 Å². The summed E-state index contributed by atoms with van der Waals surface area (Å²) in [6, 6.07) is 16.0. The summed E-state index contributed by atoms with van der Waals surface area (Å²) < 4.78 is 5.67. The molecule has 0 radical (unpaired) electrons. The van der Waals surface area contributed by atoms with Crippen molar-refractivity contribution >= 4 is 27.8 Å². The Morgan fingerprint density at radius 1 is 0.844 bits per heavy atom. The molecule has 4 aromatic rings. The van der Waals surface area contributed by atoms with Gasteiger partial charge in [-0.3, -0.25) is 13.8 Å². The molecule has 2 aromatic heterocycles. The van der Waals surface area contributed by atoms with E-state index in [0.717, 1.165) is 40.4 Å². The maximum absolute atomic E-state index is 13.0.